The smallest absolute Gasteiger partial charge is 0.326 e. The molecule has 1 saturated heterocycles. The fourth-order valence-corrected chi connectivity index (χ4v) is 2.69. The van der Waals surface area contributed by atoms with Gasteiger partial charge in [0.15, 0.2) is 0 Å². The van der Waals surface area contributed by atoms with Crippen molar-refractivity contribution in [2.75, 3.05) is 33.7 Å². The van der Waals surface area contributed by atoms with E-state index in [0.29, 0.717) is 6.04 Å². The number of hydrogen-bond acceptors (Lipinski definition) is 4. The lowest BCUT2D eigenvalue weighted by Gasteiger charge is -2.35. The Bertz CT molecular complexity index is 354. The number of carbonyl (C=O) groups is 2. The first-order chi connectivity index (χ1) is 9.85. The van der Waals surface area contributed by atoms with Crippen molar-refractivity contribution in [2.24, 2.45) is 5.92 Å². The van der Waals surface area contributed by atoms with Gasteiger partial charge in [0.2, 0.25) is 5.91 Å². The Morgan fingerprint density at radius 1 is 1.38 bits per heavy atom. The maximum atomic E-state index is 12.1. The molecule has 0 spiro atoms. The molecule has 2 unspecified atom stereocenters. The van der Waals surface area contributed by atoms with E-state index in [0.717, 1.165) is 32.4 Å². The highest BCUT2D eigenvalue weighted by atomic mass is 16.4. The molecule has 1 aliphatic rings. The fourth-order valence-electron chi connectivity index (χ4n) is 2.69. The maximum absolute atomic E-state index is 12.1. The van der Waals surface area contributed by atoms with Crippen LogP contribution in [0.25, 0.3) is 0 Å². The Morgan fingerprint density at radius 3 is 2.43 bits per heavy atom. The molecule has 1 amide bonds. The summed E-state index contributed by atoms with van der Waals surface area (Å²) in [7, 11) is 4.04. The predicted octanol–water partition coefficient (Wildman–Crippen LogP) is 0.628. The van der Waals surface area contributed by atoms with Gasteiger partial charge in [0.1, 0.15) is 6.04 Å². The lowest BCUT2D eigenvalue weighted by atomic mass is 9.99. The lowest BCUT2D eigenvalue weighted by Crippen LogP contribution is -2.50. The van der Waals surface area contributed by atoms with Gasteiger partial charge in [0.25, 0.3) is 0 Å². The van der Waals surface area contributed by atoms with Crippen LogP contribution in [-0.4, -0.2) is 72.6 Å². The van der Waals surface area contributed by atoms with Crippen LogP contribution in [0, 0.1) is 5.92 Å². The van der Waals surface area contributed by atoms with Crippen molar-refractivity contribution in [3.63, 3.8) is 0 Å². The van der Waals surface area contributed by atoms with Gasteiger partial charge in [-0.25, -0.2) is 4.79 Å². The number of piperidine rings is 1. The van der Waals surface area contributed by atoms with Crippen LogP contribution in [0.1, 0.15) is 33.1 Å². The Labute approximate surface area is 127 Å². The van der Waals surface area contributed by atoms with Gasteiger partial charge in [0, 0.05) is 6.04 Å². The molecular formula is C15H29N3O3. The summed E-state index contributed by atoms with van der Waals surface area (Å²) in [5.41, 5.74) is 0. The summed E-state index contributed by atoms with van der Waals surface area (Å²) in [6, 6.07) is -0.396. The molecule has 0 saturated carbocycles. The SMILES string of the molecule is CCC(C)C(NC(=O)CN(C)C1CCN(C)CC1)C(=O)O. The second-order valence-electron chi connectivity index (χ2n) is 6.22. The van der Waals surface area contributed by atoms with Gasteiger partial charge in [-0.3, -0.25) is 9.69 Å². The zero-order valence-electron chi connectivity index (χ0n) is 13.6. The van der Waals surface area contributed by atoms with Crippen molar-refractivity contribution in [1.29, 1.82) is 0 Å². The van der Waals surface area contributed by atoms with Crippen molar-refractivity contribution in [3.05, 3.63) is 0 Å². The molecule has 0 aromatic rings. The number of likely N-dealkylation sites (tertiary alicyclic amines) is 1. The first-order valence-corrected chi connectivity index (χ1v) is 7.76. The van der Waals surface area contributed by atoms with Crippen molar-refractivity contribution >= 4 is 11.9 Å². The summed E-state index contributed by atoms with van der Waals surface area (Å²) in [5, 5.41) is 11.9. The molecule has 0 radical (unpaired) electrons. The molecule has 2 N–H and O–H groups in total. The Hall–Kier alpha value is -1.14. The van der Waals surface area contributed by atoms with Gasteiger partial charge < -0.3 is 15.3 Å². The Kier molecular flexibility index (Phi) is 7.11. The van der Waals surface area contributed by atoms with Crippen LogP contribution in [0.2, 0.25) is 0 Å². The van der Waals surface area contributed by atoms with Gasteiger partial charge in [-0.05, 0) is 45.9 Å². The molecule has 1 heterocycles. The molecule has 1 rings (SSSR count). The molecule has 0 aromatic heterocycles. The second kappa shape index (κ2) is 8.34. The van der Waals surface area contributed by atoms with Gasteiger partial charge >= 0.3 is 5.97 Å². The van der Waals surface area contributed by atoms with E-state index in [4.69, 9.17) is 0 Å². The molecular weight excluding hydrogens is 270 g/mol. The summed E-state index contributed by atoms with van der Waals surface area (Å²) in [6.07, 6.45) is 2.82. The molecule has 6 nitrogen and oxygen atoms in total. The number of carboxylic acid groups (broad SMARTS) is 1. The largest absolute Gasteiger partial charge is 0.480 e. The zero-order valence-corrected chi connectivity index (χ0v) is 13.6. The van der Waals surface area contributed by atoms with Crippen LogP contribution >= 0.6 is 0 Å². The molecule has 2 atom stereocenters. The van der Waals surface area contributed by atoms with Crippen molar-refractivity contribution in [2.45, 2.75) is 45.2 Å². The highest BCUT2D eigenvalue weighted by molar-refractivity contribution is 5.84. The number of amides is 1. The number of nitrogens with zero attached hydrogens (tertiary/aromatic N) is 2. The molecule has 0 bridgehead atoms. The minimum absolute atomic E-state index is 0.0694. The average molecular weight is 299 g/mol. The van der Waals surface area contributed by atoms with E-state index >= 15 is 0 Å². The topological polar surface area (TPSA) is 72.9 Å². The van der Waals surface area contributed by atoms with Gasteiger partial charge in [-0.2, -0.15) is 0 Å². The molecule has 0 aromatic carbocycles. The first kappa shape index (κ1) is 17.9. The fraction of sp³-hybridized carbons (Fsp3) is 0.867. The van der Waals surface area contributed by atoms with E-state index in [1.54, 1.807) is 0 Å². The quantitative estimate of drug-likeness (QED) is 0.721. The van der Waals surface area contributed by atoms with Gasteiger partial charge in [-0.15, -0.1) is 0 Å². The normalized spacial score (nSPS) is 20.2. The zero-order chi connectivity index (χ0) is 16.0. The number of carbonyl (C=O) groups excluding carboxylic acids is 1. The summed E-state index contributed by atoms with van der Waals surface area (Å²) in [4.78, 5) is 27.6. The highest BCUT2D eigenvalue weighted by Gasteiger charge is 2.27. The molecule has 122 valence electrons. The lowest BCUT2D eigenvalue weighted by molar-refractivity contribution is -0.143. The van der Waals surface area contributed by atoms with Crippen LogP contribution in [0.5, 0.6) is 0 Å². The third-order valence-corrected chi connectivity index (χ3v) is 4.50. The number of likely N-dealkylation sites (N-methyl/N-ethyl adjacent to an activating group) is 1. The predicted molar refractivity (Wildman–Crippen MR) is 82.2 cm³/mol. The maximum Gasteiger partial charge on any atom is 0.326 e. The second-order valence-corrected chi connectivity index (χ2v) is 6.22. The number of hydrogen-bond donors (Lipinski definition) is 2. The Balaban J connectivity index is 2.46. The third kappa shape index (κ3) is 5.63. The van der Waals surface area contributed by atoms with Crippen molar-refractivity contribution in [1.82, 2.24) is 15.1 Å². The number of aliphatic carboxylic acids is 1. The van der Waals surface area contributed by atoms with E-state index < -0.39 is 12.0 Å². The standard InChI is InChI=1S/C15H29N3O3/c1-5-11(2)14(15(20)21)16-13(19)10-18(4)12-6-8-17(3)9-7-12/h11-12,14H,5-10H2,1-4H3,(H,16,19)(H,20,21). The summed E-state index contributed by atoms with van der Waals surface area (Å²) in [6.45, 7) is 6.12. The summed E-state index contributed by atoms with van der Waals surface area (Å²) < 4.78 is 0. The van der Waals surface area contributed by atoms with Crippen LogP contribution in [0.3, 0.4) is 0 Å². The molecule has 1 aliphatic heterocycles. The number of carboxylic acids is 1. The molecule has 0 aliphatic carbocycles. The van der Waals surface area contributed by atoms with E-state index in [9.17, 15) is 14.7 Å². The van der Waals surface area contributed by atoms with Crippen molar-refractivity contribution in [3.8, 4) is 0 Å². The van der Waals surface area contributed by atoms with Crippen molar-refractivity contribution < 1.29 is 14.7 Å². The minimum atomic E-state index is -0.959. The third-order valence-electron chi connectivity index (χ3n) is 4.50. The first-order valence-electron chi connectivity index (χ1n) is 7.76. The number of rotatable bonds is 7. The van der Waals surface area contributed by atoms with Crippen LogP contribution in [-0.2, 0) is 9.59 Å². The molecule has 1 fully saturated rings. The monoisotopic (exact) mass is 299 g/mol. The van der Waals surface area contributed by atoms with Crippen LogP contribution < -0.4 is 5.32 Å². The van der Waals surface area contributed by atoms with Gasteiger partial charge in [0.05, 0.1) is 6.54 Å². The van der Waals surface area contributed by atoms with E-state index in [-0.39, 0.29) is 18.4 Å². The van der Waals surface area contributed by atoms with Crippen LogP contribution in [0.15, 0.2) is 0 Å². The average Bonchev–Trinajstić information content (AvgIpc) is 2.44. The van der Waals surface area contributed by atoms with Crippen LogP contribution in [0.4, 0.5) is 0 Å². The number of nitrogens with one attached hydrogen (secondary N) is 1. The minimum Gasteiger partial charge on any atom is -0.480 e. The highest BCUT2D eigenvalue weighted by Crippen LogP contribution is 2.14. The van der Waals surface area contributed by atoms with E-state index in [1.165, 1.54) is 0 Å². The summed E-state index contributed by atoms with van der Waals surface area (Å²) in [5.74, 6) is -1.23. The molecule has 21 heavy (non-hydrogen) atoms. The Morgan fingerprint density at radius 2 is 1.95 bits per heavy atom. The van der Waals surface area contributed by atoms with E-state index in [2.05, 4.69) is 17.3 Å². The summed E-state index contributed by atoms with van der Waals surface area (Å²) >= 11 is 0. The van der Waals surface area contributed by atoms with E-state index in [1.807, 2.05) is 25.8 Å². The molecule has 6 heteroatoms. The van der Waals surface area contributed by atoms with Gasteiger partial charge in [-0.1, -0.05) is 20.3 Å².